The summed E-state index contributed by atoms with van der Waals surface area (Å²) in [6, 6.07) is 11.5. The summed E-state index contributed by atoms with van der Waals surface area (Å²) in [7, 11) is 3.46. The third-order valence-electron chi connectivity index (χ3n) is 4.92. The lowest BCUT2D eigenvalue weighted by Gasteiger charge is -2.09. The van der Waals surface area contributed by atoms with E-state index in [0.717, 1.165) is 33.3 Å². The smallest absolute Gasteiger partial charge is 0.248 e. The van der Waals surface area contributed by atoms with Crippen LogP contribution in [-0.4, -0.2) is 22.8 Å². The fraction of sp³-hybridized carbons (Fsp3) is 0.182. The molecule has 0 saturated heterocycles. The summed E-state index contributed by atoms with van der Waals surface area (Å²) in [4.78, 5) is 12.5. The molecule has 0 unspecified atom stereocenters. The molecule has 2 heterocycles. The van der Waals surface area contributed by atoms with Crippen molar-refractivity contribution in [1.82, 2.24) is 9.78 Å². The zero-order chi connectivity index (χ0) is 19.8. The van der Waals surface area contributed by atoms with E-state index >= 15 is 0 Å². The molecule has 0 spiro atoms. The third kappa shape index (κ3) is 3.03. The number of rotatable bonds is 4. The van der Waals surface area contributed by atoms with Crippen molar-refractivity contribution in [3.05, 3.63) is 59.4 Å². The van der Waals surface area contributed by atoms with Crippen LogP contribution < -0.4 is 10.1 Å². The van der Waals surface area contributed by atoms with Crippen molar-refractivity contribution in [1.29, 1.82) is 0 Å². The van der Waals surface area contributed by atoms with Gasteiger partial charge in [0.2, 0.25) is 5.91 Å². The number of aryl methyl sites for hydroxylation is 2. The zero-order valence-electron chi connectivity index (χ0n) is 16.2. The first-order valence-corrected chi connectivity index (χ1v) is 8.96. The summed E-state index contributed by atoms with van der Waals surface area (Å²) >= 11 is 0. The van der Waals surface area contributed by atoms with Crippen molar-refractivity contribution >= 4 is 39.6 Å². The Morgan fingerprint density at radius 2 is 1.96 bits per heavy atom. The van der Waals surface area contributed by atoms with Crippen molar-refractivity contribution in [3.63, 3.8) is 0 Å². The van der Waals surface area contributed by atoms with E-state index in [2.05, 4.69) is 10.4 Å². The van der Waals surface area contributed by atoms with E-state index in [4.69, 9.17) is 9.15 Å². The second-order valence-corrected chi connectivity index (χ2v) is 6.68. The Morgan fingerprint density at radius 1 is 1.18 bits per heavy atom. The molecular formula is C22H21N3O3. The fourth-order valence-corrected chi connectivity index (χ4v) is 3.38. The van der Waals surface area contributed by atoms with Crippen molar-refractivity contribution < 1.29 is 13.9 Å². The molecule has 6 nitrogen and oxygen atoms in total. The van der Waals surface area contributed by atoms with Gasteiger partial charge in [-0.15, -0.1) is 0 Å². The summed E-state index contributed by atoms with van der Waals surface area (Å²) in [6.45, 7) is 3.89. The molecule has 2 aromatic carbocycles. The molecule has 0 aliphatic rings. The number of amides is 1. The van der Waals surface area contributed by atoms with Gasteiger partial charge in [0.25, 0.3) is 0 Å². The number of fused-ring (bicyclic) bond motifs is 3. The number of furan rings is 1. The number of aromatic nitrogens is 2. The lowest BCUT2D eigenvalue weighted by molar-refractivity contribution is -0.111. The van der Waals surface area contributed by atoms with Crippen LogP contribution >= 0.6 is 0 Å². The van der Waals surface area contributed by atoms with Crippen LogP contribution in [0.4, 0.5) is 5.69 Å². The van der Waals surface area contributed by atoms with Gasteiger partial charge < -0.3 is 14.5 Å². The molecule has 0 saturated carbocycles. The number of ether oxygens (including phenoxy) is 1. The van der Waals surface area contributed by atoms with Crippen LogP contribution in [0.2, 0.25) is 0 Å². The maximum absolute atomic E-state index is 12.5. The quantitative estimate of drug-likeness (QED) is 0.530. The highest BCUT2D eigenvalue weighted by atomic mass is 16.5. The summed E-state index contributed by atoms with van der Waals surface area (Å²) < 4.78 is 13.2. The van der Waals surface area contributed by atoms with Crippen LogP contribution in [0, 0.1) is 13.8 Å². The van der Waals surface area contributed by atoms with E-state index < -0.39 is 0 Å². The van der Waals surface area contributed by atoms with Gasteiger partial charge in [0.15, 0.2) is 0 Å². The Morgan fingerprint density at radius 3 is 2.68 bits per heavy atom. The summed E-state index contributed by atoms with van der Waals surface area (Å²) in [6.07, 6.45) is 3.28. The molecule has 0 aliphatic carbocycles. The molecule has 0 fully saturated rings. The van der Waals surface area contributed by atoms with Crippen LogP contribution in [0.5, 0.6) is 5.75 Å². The van der Waals surface area contributed by atoms with E-state index in [1.165, 1.54) is 6.08 Å². The molecule has 0 atom stereocenters. The average molecular weight is 375 g/mol. The van der Waals surface area contributed by atoms with Gasteiger partial charge in [-0.2, -0.15) is 5.10 Å². The monoisotopic (exact) mass is 375 g/mol. The second kappa shape index (κ2) is 6.88. The predicted octanol–water partition coefficient (Wildman–Crippen LogP) is 4.60. The normalized spacial score (nSPS) is 11.6. The summed E-state index contributed by atoms with van der Waals surface area (Å²) in [5.74, 6) is 0.325. The first kappa shape index (κ1) is 17.9. The molecule has 0 aliphatic heterocycles. The van der Waals surface area contributed by atoms with Gasteiger partial charge in [0, 0.05) is 41.2 Å². The first-order chi connectivity index (χ1) is 13.5. The van der Waals surface area contributed by atoms with E-state index in [9.17, 15) is 4.79 Å². The maximum Gasteiger partial charge on any atom is 0.248 e. The number of carbonyl (C=O) groups is 1. The Bertz CT molecular complexity index is 1230. The second-order valence-electron chi connectivity index (χ2n) is 6.68. The number of nitrogens with one attached hydrogen (secondary N) is 1. The Hall–Kier alpha value is -3.54. The van der Waals surface area contributed by atoms with Gasteiger partial charge in [0.05, 0.1) is 18.5 Å². The molecule has 1 N–H and O–H groups in total. The van der Waals surface area contributed by atoms with Gasteiger partial charge in [0.1, 0.15) is 16.9 Å². The molecule has 2 aromatic heterocycles. The van der Waals surface area contributed by atoms with Gasteiger partial charge in [-0.25, -0.2) is 0 Å². The molecule has 1 amide bonds. The van der Waals surface area contributed by atoms with Crippen molar-refractivity contribution in [2.45, 2.75) is 13.8 Å². The molecule has 6 heteroatoms. The van der Waals surface area contributed by atoms with Crippen molar-refractivity contribution in [2.24, 2.45) is 7.05 Å². The predicted molar refractivity (Wildman–Crippen MR) is 111 cm³/mol. The fourth-order valence-electron chi connectivity index (χ4n) is 3.38. The van der Waals surface area contributed by atoms with Gasteiger partial charge in [-0.05, 0) is 32.1 Å². The molecule has 4 rings (SSSR count). The highest BCUT2D eigenvalue weighted by Crippen LogP contribution is 2.36. The Labute approximate surface area is 162 Å². The molecular weight excluding hydrogens is 354 g/mol. The number of anilines is 1. The van der Waals surface area contributed by atoms with Crippen LogP contribution in [0.3, 0.4) is 0 Å². The van der Waals surface area contributed by atoms with Crippen LogP contribution in [0.1, 0.15) is 17.0 Å². The van der Waals surface area contributed by atoms with E-state index in [1.54, 1.807) is 23.9 Å². The number of methoxy groups -OCH3 is 1. The Balaban J connectivity index is 1.65. The van der Waals surface area contributed by atoms with E-state index in [1.807, 2.05) is 51.2 Å². The zero-order valence-corrected chi connectivity index (χ0v) is 16.2. The van der Waals surface area contributed by atoms with Gasteiger partial charge in [-0.1, -0.05) is 18.2 Å². The Kier molecular flexibility index (Phi) is 4.39. The number of hydrogen-bond acceptors (Lipinski definition) is 4. The van der Waals surface area contributed by atoms with Gasteiger partial charge >= 0.3 is 0 Å². The molecule has 28 heavy (non-hydrogen) atoms. The number of hydrogen-bond donors (Lipinski definition) is 1. The minimum atomic E-state index is -0.253. The topological polar surface area (TPSA) is 69.3 Å². The summed E-state index contributed by atoms with van der Waals surface area (Å²) in [5.41, 5.74) is 4.87. The minimum absolute atomic E-state index is 0.253. The molecule has 0 radical (unpaired) electrons. The lowest BCUT2D eigenvalue weighted by atomic mass is 10.1. The average Bonchev–Trinajstić information content (AvgIpc) is 3.15. The van der Waals surface area contributed by atoms with Crippen molar-refractivity contribution in [2.75, 3.05) is 12.4 Å². The maximum atomic E-state index is 12.5. The highest BCUT2D eigenvalue weighted by molar-refractivity contribution is 6.09. The SMILES string of the molecule is COc1cc2c(cc1NC(=O)/C=C/c1c(C)nn(C)c1C)oc1ccccc12. The standard InChI is InChI=1S/C22H21N3O3/c1-13-15(14(2)25(3)24-13)9-10-22(26)23-18-12-20-17(11-21(18)27-4)16-7-5-6-8-19(16)28-20/h5-12H,1-4H3,(H,23,26)/b10-9+. The van der Waals surface area contributed by atoms with Gasteiger partial charge in [-0.3, -0.25) is 9.48 Å². The number of para-hydroxylation sites is 1. The molecule has 142 valence electrons. The number of benzene rings is 2. The molecule has 0 bridgehead atoms. The number of carbonyl (C=O) groups excluding carboxylic acids is 1. The minimum Gasteiger partial charge on any atom is -0.495 e. The van der Waals surface area contributed by atoms with E-state index in [0.29, 0.717) is 17.0 Å². The highest BCUT2D eigenvalue weighted by Gasteiger charge is 2.13. The van der Waals surface area contributed by atoms with Crippen LogP contribution in [0.15, 0.2) is 46.9 Å². The van der Waals surface area contributed by atoms with Crippen molar-refractivity contribution in [3.8, 4) is 5.75 Å². The lowest BCUT2D eigenvalue weighted by Crippen LogP contribution is -2.09. The third-order valence-corrected chi connectivity index (χ3v) is 4.92. The van der Waals surface area contributed by atoms with E-state index in [-0.39, 0.29) is 5.91 Å². The molecule has 4 aromatic rings. The van der Waals surface area contributed by atoms with Crippen LogP contribution in [0.25, 0.3) is 28.0 Å². The first-order valence-electron chi connectivity index (χ1n) is 8.96. The van der Waals surface area contributed by atoms with Crippen LogP contribution in [-0.2, 0) is 11.8 Å². The summed E-state index contributed by atoms with van der Waals surface area (Å²) in [5, 5.41) is 9.19. The largest absolute Gasteiger partial charge is 0.495 e. The number of nitrogens with zero attached hydrogens (tertiary/aromatic N) is 2.